The summed E-state index contributed by atoms with van der Waals surface area (Å²) in [5.74, 6) is 2.62. The maximum atomic E-state index is 5.49. The number of hydrogen-bond acceptors (Lipinski definition) is 5. The molecule has 0 radical (unpaired) electrons. The van der Waals surface area contributed by atoms with Crippen LogP contribution in [0.2, 0.25) is 0 Å². The van der Waals surface area contributed by atoms with Crippen molar-refractivity contribution in [1.82, 2.24) is 4.98 Å². The van der Waals surface area contributed by atoms with Crippen molar-refractivity contribution in [3.8, 4) is 11.5 Å². The molecule has 0 fully saturated rings. The van der Waals surface area contributed by atoms with Gasteiger partial charge in [0, 0.05) is 17.1 Å². The van der Waals surface area contributed by atoms with E-state index in [-0.39, 0.29) is 0 Å². The lowest BCUT2D eigenvalue weighted by molar-refractivity contribution is 0.573. The lowest BCUT2D eigenvalue weighted by Gasteiger charge is -1.95. The third kappa shape index (κ3) is 2.79. The van der Waals surface area contributed by atoms with Gasteiger partial charge in [0.1, 0.15) is 10.6 Å². The van der Waals surface area contributed by atoms with E-state index < -0.39 is 0 Å². The molecule has 1 aliphatic rings. The number of oxazole rings is 1. The summed E-state index contributed by atoms with van der Waals surface area (Å²) in [6.45, 7) is 0.946. The van der Waals surface area contributed by atoms with Gasteiger partial charge in [-0.05, 0) is 12.1 Å². The smallest absolute Gasteiger partial charge is 0.226 e. The minimum atomic E-state index is 0.687. The van der Waals surface area contributed by atoms with Gasteiger partial charge >= 0.3 is 0 Å². The highest BCUT2D eigenvalue weighted by Gasteiger charge is 2.10. The lowest BCUT2D eigenvalue weighted by Crippen LogP contribution is -1.85. The first kappa shape index (κ1) is 11.9. The highest BCUT2D eigenvalue weighted by Crippen LogP contribution is 2.26. The maximum absolute atomic E-state index is 5.49. The normalized spacial score (nSPS) is 14.8. The standard InChI is InChI=1S/C13H12N2OS2/c1-2-4-10(5-3-1)12-15-11(8-16-12)9-18-13-14-6-7-17-13/h1-5,8H,6-7,9H2. The largest absolute Gasteiger partial charge is 0.444 e. The zero-order valence-electron chi connectivity index (χ0n) is 9.70. The summed E-state index contributed by atoms with van der Waals surface area (Å²) < 4.78 is 6.66. The fourth-order valence-electron chi connectivity index (χ4n) is 1.63. The Morgan fingerprint density at radius 2 is 2.17 bits per heavy atom. The van der Waals surface area contributed by atoms with Crippen LogP contribution < -0.4 is 0 Å². The van der Waals surface area contributed by atoms with Crippen LogP contribution in [0.3, 0.4) is 0 Å². The molecule has 1 aromatic heterocycles. The fraction of sp³-hybridized carbons (Fsp3) is 0.231. The Balaban J connectivity index is 1.66. The molecule has 0 aliphatic carbocycles. The van der Waals surface area contributed by atoms with E-state index in [2.05, 4.69) is 9.98 Å². The Labute approximate surface area is 114 Å². The monoisotopic (exact) mass is 276 g/mol. The molecule has 0 N–H and O–H groups in total. The van der Waals surface area contributed by atoms with Gasteiger partial charge in [-0.25, -0.2) is 4.98 Å². The minimum absolute atomic E-state index is 0.687. The number of nitrogens with zero attached hydrogens (tertiary/aromatic N) is 2. The van der Waals surface area contributed by atoms with Crippen molar-refractivity contribution in [3.05, 3.63) is 42.3 Å². The number of hydrogen-bond donors (Lipinski definition) is 0. The Hall–Kier alpha value is -1.20. The van der Waals surface area contributed by atoms with Gasteiger partial charge in [0.15, 0.2) is 0 Å². The summed E-state index contributed by atoms with van der Waals surface area (Å²) in [7, 11) is 0. The fourth-order valence-corrected chi connectivity index (χ4v) is 3.51. The van der Waals surface area contributed by atoms with Crippen molar-refractivity contribution in [2.45, 2.75) is 5.75 Å². The first-order chi connectivity index (χ1) is 8.92. The number of aromatic nitrogens is 1. The first-order valence-electron chi connectivity index (χ1n) is 5.72. The SMILES string of the molecule is c1ccc(-c2nc(CSC3=NCCS3)co2)cc1. The van der Waals surface area contributed by atoms with Crippen LogP contribution in [0.5, 0.6) is 0 Å². The van der Waals surface area contributed by atoms with Crippen molar-refractivity contribution < 1.29 is 4.42 Å². The van der Waals surface area contributed by atoms with Crippen LogP contribution in [0.4, 0.5) is 0 Å². The third-order valence-corrected chi connectivity index (χ3v) is 4.76. The molecule has 3 nitrogen and oxygen atoms in total. The quantitative estimate of drug-likeness (QED) is 0.857. The predicted molar refractivity (Wildman–Crippen MR) is 78.0 cm³/mol. The minimum Gasteiger partial charge on any atom is -0.444 e. The summed E-state index contributed by atoms with van der Waals surface area (Å²) in [4.78, 5) is 8.89. The third-order valence-electron chi connectivity index (χ3n) is 2.47. The van der Waals surface area contributed by atoms with Crippen LogP contribution in [-0.2, 0) is 5.75 Å². The Morgan fingerprint density at radius 1 is 1.28 bits per heavy atom. The first-order valence-corrected chi connectivity index (χ1v) is 7.69. The van der Waals surface area contributed by atoms with Gasteiger partial charge in [0.25, 0.3) is 0 Å². The summed E-state index contributed by atoms with van der Waals surface area (Å²) in [5.41, 5.74) is 1.98. The topological polar surface area (TPSA) is 38.4 Å². The lowest BCUT2D eigenvalue weighted by atomic mass is 10.2. The van der Waals surface area contributed by atoms with Gasteiger partial charge < -0.3 is 4.42 Å². The highest BCUT2D eigenvalue weighted by atomic mass is 32.2. The van der Waals surface area contributed by atoms with E-state index in [1.807, 2.05) is 42.1 Å². The molecule has 3 rings (SSSR count). The van der Waals surface area contributed by atoms with Crippen LogP contribution >= 0.6 is 23.5 Å². The molecule has 18 heavy (non-hydrogen) atoms. The van der Waals surface area contributed by atoms with Crippen molar-refractivity contribution in [3.63, 3.8) is 0 Å². The second-order valence-corrected chi connectivity index (χ2v) is 6.10. The van der Waals surface area contributed by atoms with E-state index in [9.17, 15) is 0 Å². The van der Waals surface area contributed by atoms with Crippen LogP contribution in [0.25, 0.3) is 11.5 Å². The van der Waals surface area contributed by atoms with E-state index >= 15 is 0 Å². The molecule has 2 heterocycles. The van der Waals surface area contributed by atoms with E-state index in [1.165, 1.54) is 4.38 Å². The maximum Gasteiger partial charge on any atom is 0.226 e. The molecule has 0 atom stereocenters. The summed E-state index contributed by atoms with van der Waals surface area (Å²) in [6.07, 6.45) is 1.73. The number of benzene rings is 1. The zero-order chi connectivity index (χ0) is 12.2. The molecule has 0 saturated carbocycles. The van der Waals surface area contributed by atoms with Crippen molar-refractivity contribution in [1.29, 1.82) is 0 Å². The van der Waals surface area contributed by atoms with Crippen LogP contribution in [0.15, 0.2) is 46.0 Å². The van der Waals surface area contributed by atoms with E-state index in [0.717, 1.165) is 29.3 Å². The van der Waals surface area contributed by atoms with E-state index in [1.54, 1.807) is 18.0 Å². The summed E-state index contributed by atoms with van der Waals surface area (Å²) in [6, 6.07) is 9.95. The molecule has 0 bridgehead atoms. The van der Waals surface area contributed by atoms with Gasteiger partial charge in [-0.2, -0.15) is 0 Å². The zero-order valence-corrected chi connectivity index (χ0v) is 11.3. The van der Waals surface area contributed by atoms with Crippen molar-refractivity contribution in [2.24, 2.45) is 4.99 Å². The molecule has 2 aromatic rings. The van der Waals surface area contributed by atoms with Gasteiger partial charge in [0.05, 0.1) is 12.2 Å². The highest BCUT2D eigenvalue weighted by molar-refractivity contribution is 8.38. The van der Waals surface area contributed by atoms with Crippen molar-refractivity contribution >= 4 is 27.9 Å². The van der Waals surface area contributed by atoms with E-state index in [4.69, 9.17) is 4.42 Å². The molecular formula is C13H12N2OS2. The molecule has 0 saturated heterocycles. The average Bonchev–Trinajstić information content (AvgIpc) is 3.09. The second-order valence-electron chi connectivity index (χ2n) is 3.79. The number of rotatable bonds is 3. The molecule has 92 valence electrons. The van der Waals surface area contributed by atoms with Gasteiger partial charge in [-0.3, -0.25) is 4.99 Å². The molecule has 0 spiro atoms. The van der Waals surface area contributed by atoms with Crippen LogP contribution in [0.1, 0.15) is 5.69 Å². The molecule has 1 aliphatic heterocycles. The second kappa shape index (κ2) is 5.63. The number of thioether (sulfide) groups is 2. The van der Waals surface area contributed by atoms with Gasteiger partial charge in [-0.15, -0.1) is 0 Å². The predicted octanol–water partition coefficient (Wildman–Crippen LogP) is 3.68. The molecule has 5 heteroatoms. The molecule has 0 amide bonds. The average molecular weight is 276 g/mol. The number of aliphatic imine (C=N–C) groups is 1. The van der Waals surface area contributed by atoms with Crippen LogP contribution in [0, 0.1) is 0 Å². The molecule has 0 unspecified atom stereocenters. The summed E-state index contributed by atoms with van der Waals surface area (Å²) >= 11 is 3.56. The van der Waals surface area contributed by atoms with Crippen LogP contribution in [-0.4, -0.2) is 21.7 Å². The summed E-state index contributed by atoms with van der Waals surface area (Å²) in [5, 5.41) is 0. The Bertz CT molecular complexity index is 551. The van der Waals surface area contributed by atoms with Gasteiger partial charge in [-0.1, -0.05) is 41.7 Å². The van der Waals surface area contributed by atoms with E-state index in [0.29, 0.717) is 5.89 Å². The Morgan fingerprint density at radius 3 is 2.94 bits per heavy atom. The van der Waals surface area contributed by atoms with Crippen molar-refractivity contribution in [2.75, 3.05) is 12.3 Å². The molecular weight excluding hydrogens is 264 g/mol. The van der Waals surface area contributed by atoms with Gasteiger partial charge in [0.2, 0.25) is 5.89 Å². The Kier molecular flexibility index (Phi) is 3.71. The molecule has 1 aromatic carbocycles.